The quantitative estimate of drug-likeness (QED) is 0.708. The zero-order valence-electron chi connectivity index (χ0n) is 13.4. The highest BCUT2D eigenvalue weighted by Gasteiger charge is 2.61. The predicted molar refractivity (Wildman–Crippen MR) is 79.0 cm³/mol. The van der Waals surface area contributed by atoms with E-state index in [9.17, 15) is 0 Å². The molecule has 0 aromatic rings. The van der Waals surface area contributed by atoms with Crippen LogP contribution in [-0.4, -0.2) is 43.9 Å². The Labute approximate surface area is 119 Å². The van der Waals surface area contributed by atoms with Gasteiger partial charge in [-0.2, -0.15) is 0 Å². The second kappa shape index (κ2) is 4.46. The third-order valence-electron chi connectivity index (χ3n) is 7.31. The number of likely N-dealkylation sites (N-methyl/N-ethyl adjacent to an activating group) is 1. The van der Waals surface area contributed by atoms with Crippen LogP contribution in [0.4, 0.5) is 0 Å². The van der Waals surface area contributed by atoms with Gasteiger partial charge in [0.2, 0.25) is 0 Å². The van der Waals surface area contributed by atoms with Crippen molar-refractivity contribution in [3.05, 3.63) is 0 Å². The Kier molecular flexibility index (Phi) is 3.26. The lowest BCUT2D eigenvalue weighted by atomic mass is 9.70. The average Bonchev–Trinajstić information content (AvgIpc) is 2.91. The molecule has 2 saturated carbocycles. The zero-order valence-corrected chi connectivity index (χ0v) is 13.4. The largest absolute Gasteiger partial charge is 0.372 e. The minimum absolute atomic E-state index is 0.432. The normalized spacial score (nSPS) is 42.9. The molecule has 2 nitrogen and oxygen atoms in total. The van der Waals surface area contributed by atoms with E-state index >= 15 is 0 Å². The number of hydrogen-bond donors (Lipinski definition) is 0. The van der Waals surface area contributed by atoms with Gasteiger partial charge in [-0.15, -0.1) is 0 Å². The molecule has 1 saturated heterocycles. The third-order valence-corrected chi connectivity index (χ3v) is 7.31. The van der Waals surface area contributed by atoms with Gasteiger partial charge in [0.25, 0.3) is 0 Å². The van der Waals surface area contributed by atoms with E-state index in [4.69, 9.17) is 4.74 Å². The lowest BCUT2D eigenvalue weighted by Crippen LogP contribution is -2.45. The molecule has 1 heterocycles. The number of ether oxygens (including phenoxy) is 1. The standard InChI is InChI=1S/C17H32NO/c1-16(2)14-7-8-17(16,3)15(13-14)19-12-11-18(4)9-5-6-10-18/h14-15H,5-13H2,1-4H3/q+1. The summed E-state index contributed by atoms with van der Waals surface area (Å²) in [7, 11) is 2.41. The lowest BCUT2D eigenvalue weighted by Gasteiger charge is -2.39. The topological polar surface area (TPSA) is 9.23 Å². The molecule has 0 spiro atoms. The summed E-state index contributed by atoms with van der Waals surface area (Å²) in [5.74, 6) is 0.902. The van der Waals surface area contributed by atoms with Crippen molar-refractivity contribution in [2.24, 2.45) is 16.7 Å². The van der Waals surface area contributed by atoms with Crippen LogP contribution in [0.25, 0.3) is 0 Å². The van der Waals surface area contributed by atoms with Crippen LogP contribution >= 0.6 is 0 Å². The molecule has 0 radical (unpaired) electrons. The van der Waals surface area contributed by atoms with Gasteiger partial charge in [0, 0.05) is 12.8 Å². The Hall–Kier alpha value is -0.0800. The summed E-state index contributed by atoms with van der Waals surface area (Å²) < 4.78 is 7.63. The minimum atomic E-state index is 0.432. The van der Waals surface area contributed by atoms with Gasteiger partial charge >= 0.3 is 0 Å². The fourth-order valence-corrected chi connectivity index (χ4v) is 5.12. The van der Waals surface area contributed by atoms with Crippen LogP contribution in [-0.2, 0) is 4.74 Å². The van der Waals surface area contributed by atoms with Gasteiger partial charge in [0.15, 0.2) is 0 Å². The number of quaternary nitrogens is 1. The van der Waals surface area contributed by atoms with E-state index in [1.165, 1.54) is 56.2 Å². The second-order valence-electron chi connectivity index (χ2n) is 8.47. The number of likely N-dealkylation sites (tertiary alicyclic amines) is 1. The van der Waals surface area contributed by atoms with Crippen LogP contribution in [0.2, 0.25) is 0 Å². The van der Waals surface area contributed by atoms with Gasteiger partial charge < -0.3 is 9.22 Å². The van der Waals surface area contributed by atoms with Crippen LogP contribution in [0.5, 0.6) is 0 Å². The minimum Gasteiger partial charge on any atom is -0.372 e. The predicted octanol–water partition coefficient (Wildman–Crippen LogP) is 3.46. The second-order valence-corrected chi connectivity index (χ2v) is 8.47. The highest BCUT2D eigenvalue weighted by molar-refractivity contribution is 5.11. The van der Waals surface area contributed by atoms with Gasteiger partial charge in [0.05, 0.1) is 32.8 Å². The van der Waals surface area contributed by atoms with Gasteiger partial charge in [0.1, 0.15) is 6.54 Å². The van der Waals surface area contributed by atoms with Crippen molar-refractivity contribution >= 4 is 0 Å². The number of fused-ring (bicyclic) bond motifs is 2. The molecule has 2 aliphatic carbocycles. The first-order valence-corrected chi connectivity index (χ1v) is 8.33. The maximum atomic E-state index is 6.39. The first-order chi connectivity index (χ1) is 8.87. The van der Waals surface area contributed by atoms with Gasteiger partial charge in [-0.1, -0.05) is 20.8 Å². The SMILES string of the molecule is CC1(C)C2CCC1(C)C(OCC[N+]1(C)CCCC1)C2. The van der Waals surface area contributed by atoms with Crippen molar-refractivity contribution in [3.8, 4) is 0 Å². The average molecular weight is 266 g/mol. The Morgan fingerprint density at radius 2 is 1.84 bits per heavy atom. The van der Waals surface area contributed by atoms with Crippen LogP contribution in [0, 0.1) is 16.7 Å². The molecule has 0 N–H and O–H groups in total. The first-order valence-electron chi connectivity index (χ1n) is 8.33. The molecule has 0 amide bonds. The zero-order chi connectivity index (χ0) is 13.7. The smallest absolute Gasteiger partial charge is 0.102 e. The van der Waals surface area contributed by atoms with Crippen molar-refractivity contribution in [1.82, 2.24) is 0 Å². The summed E-state index contributed by atoms with van der Waals surface area (Å²) in [5.41, 5.74) is 0.922. The molecule has 110 valence electrons. The number of nitrogens with zero attached hydrogens (tertiary/aromatic N) is 1. The number of rotatable bonds is 4. The van der Waals surface area contributed by atoms with Gasteiger partial charge in [-0.05, 0) is 36.0 Å². The molecule has 3 unspecified atom stereocenters. The molecule has 2 heteroatoms. The maximum Gasteiger partial charge on any atom is 0.102 e. The lowest BCUT2D eigenvalue weighted by molar-refractivity contribution is -0.898. The fourth-order valence-electron chi connectivity index (χ4n) is 5.12. The summed E-state index contributed by atoms with van der Waals surface area (Å²) in [6.07, 6.45) is 7.46. The summed E-state index contributed by atoms with van der Waals surface area (Å²) in [6, 6.07) is 0. The molecule has 3 rings (SSSR count). The summed E-state index contributed by atoms with van der Waals surface area (Å²) >= 11 is 0. The molecule has 2 bridgehead atoms. The highest BCUT2D eigenvalue weighted by atomic mass is 16.5. The Morgan fingerprint density at radius 1 is 1.16 bits per heavy atom. The van der Waals surface area contributed by atoms with Crippen LogP contribution in [0.15, 0.2) is 0 Å². The van der Waals surface area contributed by atoms with E-state index < -0.39 is 0 Å². The molecule has 3 atom stereocenters. The Morgan fingerprint density at radius 3 is 2.37 bits per heavy atom. The Bertz CT molecular complexity index is 345. The Balaban J connectivity index is 1.55. The van der Waals surface area contributed by atoms with E-state index in [0.29, 0.717) is 16.9 Å². The maximum absolute atomic E-state index is 6.39. The van der Waals surface area contributed by atoms with E-state index in [1.54, 1.807) is 0 Å². The van der Waals surface area contributed by atoms with Gasteiger partial charge in [-0.25, -0.2) is 0 Å². The molecule has 3 aliphatic rings. The molecule has 3 fully saturated rings. The molecular formula is C17H32NO+. The summed E-state index contributed by atoms with van der Waals surface area (Å²) in [6.45, 7) is 12.3. The first kappa shape index (κ1) is 13.9. The molecule has 19 heavy (non-hydrogen) atoms. The van der Waals surface area contributed by atoms with E-state index in [0.717, 1.165) is 12.5 Å². The monoisotopic (exact) mass is 266 g/mol. The van der Waals surface area contributed by atoms with E-state index in [2.05, 4.69) is 27.8 Å². The van der Waals surface area contributed by atoms with Gasteiger partial charge in [-0.3, -0.25) is 0 Å². The van der Waals surface area contributed by atoms with Crippen LogP contribution in [0.1, 0.15) is 52.9 Å². The highest BCUT2D eigenvalue weighted by Crippen LogP contribution is 2.66. The van der Waals surface area contributed by atoms with Crippen molar-refractivity contribution in [2.75, 3.05) is 33.3 Å². The van der Waals surface area contributed by atoms with Crippen molar-refractivity contribution in [1.29, 1.82) is 0 Å². The van der Waals surface area contributed by atoms with Crippen molar-refractivity contribution in [3.63, 3.8) is 0 Å². The van der Waals surface area contributed by atoms with Crippen molar-refractivity contribution in [2.45, 2.75) is 59.0 Å². The summed E-state index contributed by atoms with van der Waals surface area (Å²) in [5, 5.41) is 0. The number of hydrogen-bond acceptors (Lipinski definition) is 1. The van der Waals surface area contributed by atoms with Crippen LogP contribution in [0.3, 0.4) is 0 Å². The fraction of sp³-hybridized carbons (Fsp3) is 1.00. The molecule has 0 aromatic carbocycles. The molecule has 1 aliphatic heterocycles. The van der Waals surface area contributed by atoms with E-state index in [1.807, 2.05) is 0 Å². The van der Waals surface area contributed by atoms with Crippen molar-refractivity contribution < 1.29 is 9.22 Å². The third kappa shape index (κ3) is 2.06. The summed E-state index contributed by atoms with van der Waals surface area (Å²) in [4.78, 5) is 0. The van der Waals surface area contributed by atoms with E-state index in [-0.39, 0.29) is 0 Å². The molecule has 0 aromatic heterocycles. The molecular weight excluding hydrogens is 234 g/mol. The van der Waals surface area contributed by atoms with Crippen LogP contribution < -0.4 is 0 Å².